The molecular formula is C12H19NO. The first-order valence-corrected chi connectivity index (χ1v) is 5.34. The van der Waals surface area contributed by atoms with E-state index in [9.17, 15) is 4.79 Å². The number of allylic oxidation sites excluding steroid dienone is 4. The maximum Gasteiger partial charge on any atom is 0.220 e. The number of amides is 1. The largest absolute Gasteiger partial charge is 0.359 e. The van der Waals surface area contributed by atoms with Gasteiger partial charge in [-0.25, -0.2) is 0 Å². The second kappa shape index (κ2) is 5.63. The second-order valence-electron chi connectivity index (χ2n) is 3.72. The van der Waals surface area contributed by atoms with Crippen molar-refractivity contribution in [1.82, 2.24) is 5.32 Å². The molecule has 0 aliphatic heterocycles. The topological polar surface area (TPSA) is 29.1 Å². The van der Waals surface area contributed by atoms with Crippen molar-refractivity contribution < 1.29 is 4.79 Å². The molecule has 0 bridgehead atoms. The van der Waals surface area contributed by atoms with Crippen LogP contribution in [0.4, 0.5) is 0 Å². The smallest absolute Gasteiger partial charge is 0.220 e. The zero-order chi connectivity index (χ0) is 10.4. The average Bonchev–Trinajstić information content (AvgIpc) is 2.26. The van der Waals surface area contributed by atoms with E-state index in [0.717, 1.165) is 12.8 Å². The molecule has 0 aromatic heterocycles. The second-order valence-corrected chi connectivity index (χ2v) is 3.72. The van der Waals surface area contributed by atoms with Crippen LogP contribution >= 0.6 is 0 Å². The third kappa shape index (κ3) is 3.36. The molecule has 1 N–H and O–H groups in total. The molecule has 78 valence electrons. The van der Waals surface area contributed by atoms with Gasteiger partial charge in [0.05, 0.1) is 0 Å². The van der Waals surface area contributed by atoms with Gasteiger partial charge in [0, 0.05) is 13.5 Å². The Kier molecular flexibility index (Phi) is 4.44. The van der Waals surface area contributed by atoms with Gasteiger partial charge in [0.2, 0.25) is 5.91 Å². The van der Waals surface area contributed by atoms with Crippen LogP contribution in [0.5, 0.6) is 0 Å². The van der Waals surface area contributed by atoms with Crippen LogP contribution in [0.25, 0.3) is 0 Å². The van der Waals surface area contributed by atoms with Gasteiger partial charge in [-0.1, -0.05) is 30.7 Å². The number of hydrogen-bond donors (Lipinski definition) is 1. The molecule has 1 unspecified atom stereocenters. The van der Waals surface area contributed by atoms with Crippen molar-refractivity contribution in [2.24, 2.45) is 5.92 Å². The number of carbonyl (C=O) groups excluding carboxylic acids is 1. The van der Waals surface area contributed by atoms with Gasteiger partial charge in [0.25, 0.3) is 0 Å². The van der Waals surface area contributed by atoms with Crippen LogP contribution < -0.4 is 5.32 Å². The Morgan fingerprint density at radius 3 is 2.93 bits per heavy atom. The predicted molar refractivity (Wildman–Crippen MR) is 58.9 cm³/mol. The summed E-state index contributed by atoms with van der Waals surface area (Å²) < 4.78 is 0. The Labute approximate surface area is 86.1 Å². The molecule has 0 aromatic carbocycles. The predicted octanol–water partition coefficient (Wildman–Crippen LogP) is 2.43. The van der Waals surface area contributed by atoms with Gasteiger partial charge in [0.15, 0.2) is 0 Å². The summed E-state index contributed by atoms with van der Waals surface area (Å²) in [5, 5.41) is 2.63. The fraction of sp³-hybridized carbons (Fsp3) is 0.583. The normalized spacial score (nSPS) is 20.4. The van der Waals surface area contributed by atoms with Crippen LogP contribution in [0.3, 0.4) is 0 Å². The summed E-state index contributed by atoms with van der Waals surface area (Å²) in [5.41, 5.74) is 1.30. The van der Waals surface area contributed by atoms with Gasteiger partial charge < -0.3 is 5.32 Å². The summed E-state index contributed by atoms with van der Waals surface area (Å²) >= 11 is 0. The molecule has 0 heterocycles. The van der Waals surface area contributed by atoms with E-state index in [0.29, 0.717) is 12.3 Å². The fourth-order valence-electron chi connectivity index (χ4n) is 1.58. The molecular weight excluding hydrogens is 174 g/mol. The van der Waals surface area contributed by atoms with E-state index in [4.69, 9.17) is 0 Å². The van der Waals surface area contributed by atoms with Gasteiger partial charge in [0.1, 0.15) is 0 Å². The average molecular weight is 193 g/mol. The Balaban J connectivity index is 2.31. The lowest BCUT2D eigenvalue weighted by molar-refractivity contribution is -0.120. The van der Waals surface area contributed by atoms with Gasteiger partial charge >= 0.3 is 0 Å². The highest BCUT2D eigenvalue weighted by molar-refractivity contribution is 5.75. The van der Waals surface area contributed by atoms with Crippen molar-refractivity contribution in [3.8, 4) is 0 Å². The van der Waals surface area contributed by atoms with E-state index in [-0.39, 0.29) is 5.91 Å². The minimum Gasteiger partial charge on any atom is -0.359 e. The molecule has 0 saturated heterocycles. The van der Waals surface area contributed by atoms with E-state index in [2.05, 4.69) is 30.5 Å². The molecule has 1 aliphatic rings. The van der Waals surface area contributed by atoms with Crippen LogP contribution in [0.1, 0.15) is 32.6 Å². The van der Waals surface area contributed by atoms with E-state index in [1.165, 1.54) is 12.0 Å². The lowest BCUT2D eigenvalue weighted by Gasteiger charge is -2.13. The van der Waals surface area contributed by atoms with Crippen molar-refractivity contribution in [3.05, 3.63) is 23.8 Å². The Hall–Kier alpha value is -1.05. The quantitative estimate of drug-likeness (QED) is 0.730. The Bertz CT molecular complexity index is 253. The van der Waals surface area contributed by atoms with Crippen LogP contribution in [0.2, 0.25) is 0 Å². The summed E-state index contributed by atoms with van der Waals surface area (Å²) in [7, 11) is 1.68. The first-order chi connectivity index (χ1) is 6.76. The first-order valence-electron chi connectivity index (χ1n) is 5.34. The number of hydrogen-bond acceptors (Lipinski definition) is 1. The van der Waals surface area contributed by atoms with E-state index in [1.807, 2.05) is 0 Å². The number of nitrogens with one attached hydrogen (secondary N) is 1. The SMILES string of the molecule is CCC1C=CC(CCC(=O)NC)=CC1. The van der Waals surface area contributed by atoms with E-state index >= 15 is 0 Å². The third-order valence-corrected chi connectivity index (χ3v) is 2.71. The standard InChI is InChI=1S/C12H19NO/c1-3-10-4-6-11(7-5-10)8-9-12(14)13-2/h4,6-7,10H,3,5,8-9H2,1-2H3,(H,13,14). The number of carbonyl (C=O) groups is 1. The summed E-state index contributed by atoms with van der Waals surface area (Å²) in [6.07, 6.45) is 10.5. The molecule has 1 amide bonds. The maximum absolute atomic E-state index is 11.0. The lowest BCUT2D eigenvalue weighted by Crippen LogP contribution is -2.17. The minimum absolute atomic E-state index is 0.122. The molecule has 0 saturated carbocycles. The monoisotopic (exact) mass is 193 g/mol. The van der Waals surface area contributed by atoms with Gasteiger partial charge in [-0.15, -0.1) is 0 Å². The van der Waals surface area contributed by atoms with Crippen molar-refractivity contribution >= 4 is 5.91 Å². The fourth-order valence-corrected chi connectivity index (χ4v) is 1.58. The molecule has 0 aromatic rings. The molecule has 1 atom stereocenters. The minimum atomic E-state index is 0.122. The summed E-state index contributed by atoms with van der Waals surface area (Å²) in [6, 6.07) is 0. The molecule has 2 nitrogen and oxygen atoms in total. The van der Waals surface area contributed by atoms with Crippen molar-refractivity contribution in [2.75, 3.05) is 7.05 Å². The molecule has 0 radical (unpaired) electrons. The molecule has 0 fully saturated rings. The Morgan fingerprint density at radius 2 is 2.43 bits per heavy atom. The van der Waals surface area contributed by atoms with Crippen LogP contribution in [0, 0.1) is 5.92 Å². The van der Waals surface area contributed by atoms with Crippen LogP contribution in [-0.4, -0.2) is 13.0 Å². The van der Waals surface area contributed by atoms with Gasteiger partial charge in [-0.2, -0.15) is 0 Å². The highest BCUT2D eigenvalue weighted by Crippen LogP contribution is 2.21. The van der Waals surface area contributed by atoms with E-state index < -0.39 is 0 Å². The van der Waals surface area contributed by atoms with E-state index in [1.54, 1.807) is 7.05 Å². The molecule has 0 spiro atoms. The molecule has 1 rings (SSSR count). The van der Waals surface area contributed by atoms with Crippen molar-refractivity contribution in [3.63, 3.8) is 0 Å². The lowest BCUT2D eigenvalue weighted by atomic mass is 9.93. The zero-order valence-electron chi connectivity index (χ0n) is 9.05. The number of rotatable bonds is 4. The van der Waals surface area contributed by atoms with Crippen LogP contribution in [-0.2, 0) is 4.79 Å². The first kappa shape index (κ1) is 11.0. The van der Waals surface area contributed by atoms with Gasteiger partial charge in [-0.3, -0.25) is 4.79 Å². The summed E-state index contributed by atoms with van der Waals surface area (Å²) in [6.45, 7) is 2.21. The third-order valence-electron chi connectivity index (χ3n) is 2.71. The maximum atomic E-state index is 11.0. The Morgan fingerprint density at radius 1 is 1.64 bits per heavy atom. The molecule has 2 heteroatoms. The van der Waals surface area contributed by atoms with Gasteiger partial charge in [-0.05, 0) is 25.2 Å². The molecule has 1 aliphatic carbocycles. The zero-order valence-corrected chi connectivity index (χ0v) is 9.05. The summed E-state index contributed by atoms with van der Waals surface area (Å²) in [5.74, 6) is 0.829. The summed E-state index contributed by atoms with van der Waals surface area (Å²) in [4.78, 5) is 11.0. The molecule has 14 heavy (non-hydrogen) atoms. The van der Waals surface area contributed by atoms with Crippen molar-refractivity contribution in [2.45, 2.75) is 32.6 Å². The highest BCUT2D eigenvalue weighted by atomic mass is 16.1. The highest BCUT2D eigenvalue weighted by Gasteiger charge is 2.07. The van der Waals surface area contributed by atoms with Crippen molar-refractivity contribution in [1.29, 1.82) is 0 Å². The van der Waals surface area contributed by atoms with Crippen LogP contribution in [0.15, 0.2) is 23.8 Å².